The Morgan fingerprint density at radius 1 is 1.53 bits per heavy atom. The highest BCUT2D eigenvalue weighted by atomic mass is 79.9. The Morgan fingerprint density at radius 2 is 2.29 bits per heavy atom. The third-order valence-corrected chi connectivity index (χ3v) is 3.57. The second-order valence-electron chi connectivity index (χ2n) is 4.49. The second-order valence-corrected chi connectivity index (χ2v) is 5.41. The average molecular weight is 300 g/mol. The molecule has 1 aromatic rings. The van der Waals surface area contributed by atoms with E-state index in [1.54, 1.807) is 7.11 Å². The molecule has 0 bridgehead atoms. The van der Waals surface area contributed by atoms with Crippen molar-refractivity contribution in [2.45, 2.75) is 25.5 Å². The van der Waals surface area contributed by atoms with E-state index in [1.165, 1.54) is 12.8 Å². The zero-order valence-corrected chi connectivity index (χ0v) is 11.5. The predicted octanol–water partition coefficient (Wildman–Crippen LogP) is 2.32. The molecule has 1 aromatic carbocycles. The van der Waals surface area contributed by atoms with Gasteiger partial charge < -0.3 is 15.2 Å². The lowest BCUT2D eigenvalue weighted by molar-refractivity contribution is 0.148. The van der Waals surface area contributed by atoms with Crippen LogP contribution in [0, 0.1) is 5.92 Å². The van der Waals surface area contributed by atoms with Crippen molar-refractivity contribution < 1.29 is 9.84 Å². The van der Waals surface area contributed by atoms with Gasteiger partial charge >= 0.3 is 0 Å². The summed E-state index contributed by atoms with van der Waals surface area (Å²) in [6.07, 6.45) is 2.14. The fourth-order valence-electron chi connectivity index (χ4n) is 1.89. The fraction of sp³-hybridized carbons (Fsp3) is 0.538. The van der Waals surface area contributed by atoms with Gasteiger partial charge in [-0.2, -0.15) is 0 Å². The van der Waals surface area contributed by atoms with E-state index >= 15 is 0 Å². The summed E-state index contributed by atoms with van der Waals surface area (Å²) in [4.78, 5) is 0. The second kappa shape index (κ2) is 5.85. The molecule has 1 aliphatic rings. The molecule has 0 spiro atoms. The van der Waals surface area contributed by atoms with Crippen molar-refractivity contribution in [1.82, 2.24) is 5.32 Å². The van der Waals surface area contributed by atoms with E-state index in [0.717, 1.165) is 15.8 Å². The number of ether oxygens (including phenoxy) is 1. The van der Waals surface area contributed by atoms with Gasteiger partial charge in [0.1, 0.15) is 5.75 Å². The number of aliphatic hydroxyl groups excluding tert-OH is 1. The number of benzene rings is 1. The molecule has 0 amide bonds. The molecule has 4 heteroatoms. The first-order valence-electron chi connectivity index (χ1n) is 5.92. The molecule has 17 heavy (non-hydrogen) atoms. The van der Waals surface area contributed by atoms with E-state index in [0.29, 0.717) is 19.0 Å². The molecule has 0 aromatic heterocycles. The Kier molecular flexibility index (Phi) is 4.42. The molecule has 0 radical (unpaired) electrons. The van der Waals surface area contributed by atoms with Crippen LogP contribution in [0.25, 0.3) is 0 Å². The van der Waals surface area contributed by atoms with Gasteiger partial charge in [-0.05, 0) is 37.0 Å². The van der Waals surface area contributed by atoms with E-state index in [2.05, 4.69) is 21.2 Å². The number of nitrogens with one attached hydrogen (secondary N) is 1. The minimum Gasteiger partial charge on any atom is -0.496 e. The Morgan fingerprint density at radius 3 is 2.94 bits per heavy atom. The fourth-order valence-corrected chi connectivity index (χ4v) is 2.30. The molecule has 3 nitrogen and oxygen atoms in total. The number of hydrogen-bond donors (Lipinski definition) is 2. The Balaban J connectivity index is 1.86. The van der Waals surface area contributed by atoms with Gasteiger partial charge in [-0.25, -0.2) is 0 Å². The van der Waals surface area contributed by atoms with Crippen LogP contribution in [0.15, 0.2) is 22.7 Å². The monoisotopic (exact) mass is 299 g/mol. The van der Waals surface area contributed by atoms with Gasteiger partial charge in [0, 0.05) is 23.1 Å². The molecule has 1 atom stereocenters. The van der Waals surface area contributed by atoms with E-state index < -0.39 is 0 Å². The molecule has 0 aliphatic heterocycles. The highest BCUT2D eigenvalue weighted by molar-refractivity contribution is 9.10. The average Bonchev–Trinajstić information content (AvgIpc) is 3.13. The van der Waals surface area contributed by atoms with E-state index in [-0.39, 0.29) is 6.10 Å². The third-order valence-electron chi connectivity index (χ3n) is 3.08. The van der Waals surface area contributed by atoms with Crippen LogP contribution in [0.3, 0.4) is 0 Å². The lowest BCUT2D eigenvalue weighted by Gasteiger charge is -2.13. The van der Waals surface area contributed by atoms with Crippen LogP contribution in [0.1, 0.15) is 18.4 Å². The minimum absolute atomic E-state index is 0.201. The minimum atomic E-state index is -0.201. The lowest BCUT2D eigenvalue weighted by Crippen LogP contribution is -2.27. The van der Waals surface area contributed by atoms with Crippen LogP contribution in [0.5, 0.6) is 5.75 Å². The summed E-state index contributed by atoms with van der Waals surface area (Å²) in [5, 5.41) is 13.0. The maximum atomic E-state index is 9.75. The molecule has 1 saturated carbocycles. The van der Waals surface area contributed by atoms with Crippen LogP contribution in [0.2, 0.25) is 0 Å². The SMILES string of the molecule is COc1ccc(Br)cc1CNCC(O)C1CC1. The number of methoxy groups -OCH3 is 1. The van der Waals surface area contributed by atoms with Crippen LogP contribution in [-0.2, 0) is 6.54 Å². The number of halogens is 1. The van der Waals surface area contributed by atoms with E-state index in [9.17, 15) is 5.11 Å². The van der Waals surface area contributed by atoms with Gasteiger partial charge in [0.05, 0.1) is 13.2 Å². The molecular weight excluding hydrogens is 282 g/mol. The van der Waals surface area contributed by atoms with Crippen LogP contribution >= 0.6 is 15.9 Å². The topological polar surface area (TPSA) is 41.5 Å². The normalized spacial score (nSPS) is 16.9. The summed E-state index contributed by atoms with van der Waals surface area (Å²) in [6.45, 7) is 1.37. The van der Waals surface area contributed by atoms with Crippen molar-refractivity contribution in [3.63, 3.8) is 0 Å². The summed E-state index contributed by atoms with van der Waals surface area (Å²) >= 11 is 3.45. The highest BCUT2D eigenvalue weighted by Gasteiger charge is 2.29. The standard InChI is InChI=1S/C13H18BrNO2/c1-17-13-5-4-11(14)6-10(13)7-15-8-12(16)9-2-3-9/h4-6,9,12,15-16H,2-3,7-8H2,1H3. The number of aliphatic hydroxyl groups is 1. The smallest absolute Gasteiger partial charge is 0.123 e. The van der Waals surface area contributed by atoms with Gasteiger partial charge in [-0.15, -0.1) is 0 Å². The summed E-state index contributed by atoms with van der Waals surface area (Å²) in [5.74, 6) is 1.40. The molecule has 1 fully saturated rings. The van der Waals surface area contributed by atoms with Gasteiger partial charge in [0.15, 0.2) is 0 Å². The third kappa shape index (κ3) is 3.69. The number of rotatable bonds is 6. The highest BCUT2D eigenvalue weighted by Crippen LogP contribution is 2.32. The summed E-state index contributed by atoms with van der Waals surface area (Å²) in [7, 11) is 1.67. The van der Waals surface area contributed by atoms with Crippen molar-refractivity contribution in [3.05, 3.63) is 28.2 Å². The Labute approximate surface area is 110 Å². The number of hydrogen-bond acceptors (Lipinski definition) is 3. The molecule has 2 rings (SSSR count). The zero-order chi connectivity index (χ0) is 12.3. The quantitative estimate of drug-likeness (QED) is 0.847. The molecule has 1 aliphatic carbocycles. The van der Waals surface area contributed by atoms with Gasteiger partial charge in [-0.1, -0.05) is 15.9 Å². The van der Waals surface area contributed by atoms with Crippen molar-refractivity contribution in [3.8, 4) is 5.75 Å². The zero-order valence-electron chi connectivity index (χ0n) is 9.95. The maximum Gasteiger partial charge on any atom is 0.123 e. The molecule has 2 N–H and O–H groups in total. The molecule has 94 valence electrons. The van der Waals surface area contributed by atoms with Gasteiger partial charge in [-0.3, -0.25) is 0 Å². The Hall–Kier alpha value is -0.580. The van der Waals surface area contributed by atoms with Crippen molar-refractivity contribution >= 4 is 15.9 Å². The van der Waals surface area contributed by atoms with Crippen molar-refractivity contribution in [2.24, 2.45) is 5.92 Å². The summed E-state index contributed by atoms with van der Waals surface area (Å²) in [6, 6.07) is 5.94. The van der Waals surface area contributed by atoms with Gasteiger partial charge in [0.25, 0.3) is 0 Å². The first-order chi connectivity index (χ1) is 8.20. The van der Waals surface area contributed by atoms with Crippen molar-refractivity contribution in [2.75, 3.05) is 13.7 Å². The molecule has 1 unspecified atom stereocenters. The lowest BCUT2D eigenvalue weighted by atomic mass is 10.2. The largest absolute Gasteiger partial charge is 0.496 e. The van der Waals surface area contributed by atoms with Gasteiger partial charge in [0.2, 0.25) is 0 Å². The summed E-state index contributed by atoms with van der Waals surface area (Å²) < 4.78 is 6.33. The van der Waals surface area contributed by atoms with E-state index in [4.69, 9.17) is 4.74 Å². The van der Waals surface area contributed by atoms with Crippen LogP contribution in [0.4, 0.5) is 0 Å². The first-order valence-corrected chi connectivity index (χ1v) is 6.71. The van der Waals surface area contributed by atoms with E-state index in [1.807, 2.05) is 18.2 Å². The predicted molar refractivity (Wildman–Crippen MR) is 71.1 cm³/mol. The first kappa shape index (κ1) is 12.9. The van der Waals surface area contributed by atoms with Crippen molar-refractivity contribution in [1.29, 1.82) is 0 Å². The van der Waals surface area contributed by atoms with Crippen LogP contribution < -0.4 is 10.1 Å². The maximum absolute atomic E-state index is 9.75. The Bertz CT molecular complexity index is 380. The molecule has 0 saturated heterocycles. The van der Waals surface area contributed by atoms with Crippen LogP contribution in [-0.4, -0.2) is 24.9 Å². The molecule has 0 heterocycles. The molecular formula is C13H18BrNO2. The summed E-state index contributed by atoms with van der Waals surface area (Å²) in [5.41, 5.74) is 1.10.